The van der Waals surface area contributed by atoms with Crippen molar-refractivity contribution in [2.75, 3.05) is 24.6 Å². The molecule has 112 valence electrons. The van der Waals surface area contributed by atoms with E-state index < -0.39 is 0 Å². The molecule has 0 N–H and O–H groups in total. The molecule has 0 radical (unpaired) electrons. The minimum Gasteiger partial charge on any atom is -0.492 e. The molecular weight excluding hydrogens is 308 g/mol. The van der Waals surface area contributed by atoms with Crippen LogP contribution < -0.4 is 9.64 Å². The fraction of sp³-hybridized carbons (Fsp3) is 0.500. The predicted octanol–water partition coefficient (Wildman–Crippen LogP) is 3.19. The minimum atomic E-state index is 0.555. The van der Waals surface area contributed by atoms with Crippen molar-refractivity contribution in [1.29, 1.82) is 0 Å². The van der Waals surface area contributed by atoms with Crippen LogP contribution in [0.2, 0.25) is 5.02 Å². The number of pyridine rings is 1. The van der Waals surface area contributed by atoms with Gasteiger partial charge in [0.05, 0.1) is 6.61 Å². The second-order valence-electron chi connectivity index (χ2n) is 5.15. The average molecular weight is 325 g/mol. The zero-order valence-corrected chi connectivity index (χ0v) is 13.4. The van der Waals surface area contributed by atoms with Crippen molar-refractivity contribution < 1.29 is 4.74 Å². The van der Waals surface area contributed by atoms with Crippen LogP contribution in [-0.4, -0.2) is 34.9 Å². The van der Waals surface area contributed by atoms with Crippen molar-refractivity contribution in [3.8, 4) is 5.75 Å². The molecule has 0 saturated carbocycles. The fourth-order valence-electron chi connectivity index (χ4n) is 2.39. The highest BCUT2D eigenvalue weighted by atomic mass is 35.5. The maximum Gasteiger partial charge on any atom is 0.208 e. The maximum absolute atomic E-state index is 6.04. The van der Waals surface area contributed by atoms with Crippen LogP contribution in [0.25, 0.3) is 0 Å². The van der Waals surface area contributed by atoms with Crippen LogP contribution in [0.5, 0.6) is 5.75 Å². The van der Waals surface area contributed by atoms with Crippen molar-refractivity contribution in [3.63, 3.8) is 0 Å². The van der Waals surface area contributed by atoms with Gasteiger partial charge in [-0.1, -0.05) is 22.9 Å². The molecule has 0 amide bonds. The first kappa shape index (κ1) is 14.5. The van der Waals surface area contributed by atoms with E-state index in [-0.39, 0.29) is 0 Å². The number of aryl methyl sites for hydroxylation is 1. The quantitative estimate of drug-likeness (QED) is 0.864. The Bertz CT molecular complexity index is 598. The highest BCUT2D eigenvalue weighted by Gasteiger charge is 2.22. The molecule has 1 saturated heterocycles. The van der Waals surface area contributed by atoms with E-state index in [1.54, 1.807) is 23.7 Å². The Labute approximate surface area is 132 Å². The number of anilines is 1. The van der Waals surface area contributed by atoms with Gasteiger partial charge in [0, 0.05) is 31.5 Å². The summed E-state index contributed by atoms with van der Waals surface area (Å²) < 4.78 is 5.81. The van der Waals surface area contributed by atoms with Crippen molar-refractivity contribution in [2.24, 2.45) is 5.92 Å². The highest BCUT2D eigenvalue weighted by molar-refractivity contribution is 7.15. The second-order valence-corrected chi connectivity index (χ2v) is 6.72. The molecule has 5 nitrogen and oxygen atoms in total. The SMILES string of the molecule is Cc1nnc(N2CCC(COc3ccncc3Cl)CC2)s1. The molecule has 21 heavy (non-hydrogen) atoms. The molecular formula is C14H17ClN4OS. The van der Waals surface area contributed by atoms with Crippen molar-refractivity contribution in [1.82, 2.24) is 15.2 Å². The van der Waals surface area contributed by atoms with Crippen LogP contribution in [0.4, 0.5) is 5.13 Å². The Hall–Kier alpha value is -1.40. The zero-order chi connectivity index (χ0) is 14.7. The van der Waals surface area contributed by atoms with Crippen LogP contribution in [-0.2, 0) is 0 Å². The van der Waals surface area contributed by atoms with Gasteiger partial charge in [-0.05, 0) is 25.7 Å². The average Bonchev–Trinajstić information content (AvgIpc) is 2.94. The smallest absolute Gasteiger partial charge is 0.208 e. The Morgan fingerprint density at radius 2 is 2.19 bits per heavy atom. The Morgan fingerprint density at radius 3 is 2.86 bits per heavy atom. The largest absolute Gasteiger partial charge is 0.492 e. The molecule has 1 aliphatic rings. The van der Waals surface area contributed by atoms with Crippen molar-refractivity contribution in [3.05, 3.63) is 28.5 Å². The van der Waals surface area contributed by atoms with E-state index in [0.29, 0.717) is 23.3 Å². The molecule has 2 aromatic rings. The van der Waals surface area contributed by atoms with Crippen molar-refractivity contribution >= 4 is 28.1 Å². The summed E-state index contributed by atoms with van der Waals surface area (Å²) in [6.07, 6.45) is 5.50. The summed E-state index contributed by atoms with van der Waals surface area (Å²) in [6.45, 7) is 4.70. The summed E-state index contributed by atoms with van der Waals surface area (Å²) in [5, 5.41) is 10.9. The third-order valence-electron chi connectivity index (χ3n) is 3.61. The fourth-order valence-corrected chi connectivity index (χ4v) is 3.31. The highest BCUT2D eigenvalue weighted by Crippen LogP contribution is 2.27. The van der Waals surface area contributed by atoms with Crippen LogP contribution in [0.3, 0.4) is 0 Å². The normalized spacial score (nSPS) is 16.2. The first-order valence-electron chi connectivity index (χ1n) is 7.00. The first-order valence-corrected chi connectivity index (χ1v) is 8.19. The summed E-state index contributed by atoms with van der Waals surface area (Å²) in [7, 11) is 0. The van der Waals surface area contributed by atoms with Gasteiger partial charge < -0.3 is 9.64 Å². The van der Waals surface area contributed by atoms with Gasteiger partial charge in [-0.15, -0.1) is 10.2 Å². The number of halogens is 1. The summed E-state index contributed by atoms with van der Waals surface area (Å²) in [4.78, 5) is 6.26. The van der Waals surface area contributed by atoms with E-state index in [1.165, 1.54) is 0 Å². The molecule has 2 aromatic heterocycles. The van der Waals surface area contributed by atoms with E-state index in [2.05, 4.69) is 20.1 Å². The monoisotopic (exact) mass is 324 g/mol. The van der Waals surface area contributed by atoms with Gasteiger partial charge in [-0.3, -0.25) is 4.98 Å². The Kier molecular flexibility index (Phi) is 4.55. The third kappa shape index (κ3) is 3.63. The minimum absolute atomic E-state index is 0.555. The van der Waals surface area contributed by atoms with E-state index in [4.69, 9.17) is 16.3 Å². The summed E-state index contributed by atoms with van der Waals surface area (Å²) in [5.41, 5.74) is 0. The van der Waals surface area contributed by atoms with Crippen LogP contribution in [0.15, 0.2) is 18.5 Å². The second kappa shape index (κ2) is 6.58. The van der Waals surface area contributed by atoms with Gasteiger partial charge in [0.2, 0.25) is 5.13 Å². The van der Waals surface area contributed by atoms with E-state index in [1.807, 2.05) is 13.0 Å². The Morgan fingerprint density at radius 1 is 1.38 bits per heavy atom. The van der Waals surface area contributed by atoms with E-state index >= 15 is 0 Å². The third-order valence-corrected chi connectivity index (χ3v) is 4.79. The summed E-state index contributed by atoms with van der Waals surface area (Å²) in [6, 6.07) is 1.81. The maximum atomic E-state index is 6.04. The topological polar surface area (TPSA) is 51.1 Å². The van der Waals surface area contributed by atoms with Gasteiger partial charge >= 0.3 is 0 Å². The molecule has 0 aliphatic carbocycles. The number of piperidine rings is 1. The summed E-state index contributed by atoms with van der Waals surface area (Å²) in [5.74, 6) is 1.27. The number of hydrogen-bond donors (Lipinski definition) is 0. The summed E-state index contributed by atoms with van der Waals surface area (Å²) >= 11 is 7.69. The van der Waals surface area contributed by atoms with Gasteiger partial charge in [-0.2, -0.15) is 0 Å². The number of aromatic nitrogens is 3. The molecule has 0 atom stereocenters. The number of hydrogen-bond acceptors (Lipinski definition) is 6. The predicted molar refractivity (Wildman–Crippen MR) is 84.3 cm³/mol. The lowest BCUT2D eigenvalue weighted by molar-refractivity contribution is 0.223. The van der Waals surface area contributed by atoms with Crippen LogP contribution >= 0.6 is 22.9 Å². The molecule has 3 heterocycles. The molecule has 0 bridgehead atoms. The van der Waals surface area contributed by atoms with Gasteiger partial charge in [-0.25, -0.2) is 0 Å². The molecule has 1 aliphatic heterocycles. The van der Waals surface area contributed by atoms with E-state index in [0.717, 1.165) is 36.1 Å². The molecule has 0 spiro atoms. The standard InChI is InChI=1S/C14H17ClN4OS/c1-10-17-18-14(21-10)19-6-3-11(4-7-19)9-20-13-2-5-16-8-12(13)15/h2,5,8,11H,3-4,6-7,9H2,1H3. The molecule has 7 heteroatoms. The number of nitrogens with zero attached hydrogens (tertiary/aromatic N) is 4. The van der Waals surface area contributed by atoms with Gasteiger partial charge in [0.15, 0.2) is 0 Å². The Balaban J connectivity index is 1.49. The lowest BCUT2D eigenvalue weighted by Crippen LogP contribution is -2.35. The van der Waals surface area contributed by atoms with E-state index in [9.17, 15) is 0 Å². The van der Waals surface area contributed by atoms with Gasteiger partial charge in [0.1, 0.15) is 15.8 Å². The number of rotatable bonds is 4. The number of ether oxygens (including phenoxy) is 1. The lowest BCUT2D eigenvalue weighted by Gasteiger charge is -2.31. The lowest BCUT2D eigenvalue weighted by atomic mass is 9.98. The molecule has 3 rings (SSSR count). The molecule has 0 unspecified atom stereocenters. The zero-order valence-electron chi connectivity index (χ0n) is 11.8. The van der Waals surface area contributed by atoms with Crippen molar-refractivity contribution in [2.45, 2.75) is 19.8 Å². The van der Waals surface area contributed by atoms with Crippen LogP contribution in [0.1, 0.15) is 17.8 Å². The van der Waals surface area contributed by atoms with Gasteiger partial charge in [0.25, 0.3) is 0 Å². The molecule has 1 fully saturated rings. The molecule has 0 aromatic carbocycles. The van der Waals surface area contributed by atoms with Crippen LogP contribution in [0, 0.1) is 12.8 Å². The first-order chi connectivity index (χ1) is 10.2.